The highest BCUT2D eigenvalue weighted by atomic mass is 32.2. The van der Waals surface area contributed by atoms with Crippen molar-refractivity contribution in [2.24, 2.45) is 5.92 Å². The maximum absolute atomic E-state index is 12.9. The summed E-state index contributed by atoms with van der Waals surface area (Å²) in [5.41, 5.74) is 2.67. The van der Waals surface area contributed by atoms with Crippen LogP contribution >= 0.6 is 0 Å². The summed E-state index contributed by atoms with van der Waals surface area (Å²) >= 11 is 0. The van der Waals surface area contributed by atoms with Gasteiger partial charge in [0.25, 0.3) is 15.9 Å². The van der Waals surface area contributed by atoms with E-state index in [0.717, 1.165) is 12.0 Å². The summed E-state index contributed by atoms with van der Waals surface area (Å²) in [6.07, 6.45) is 0.823. The van der Waals surface area contributed by atoms with Gasteiger partial charge in [-0.15, -0.1) is 0 Å². The number of rotatable bonds is 8. The van der Waals surface area contributed by atoms with Crippen molar-refractivity contribution in [1.82, 2.24) is 5.32 Å². The number of sulfonamides is 1. The Hall–Kier alpha value is -3.12. The van der Waals surface area contributed by atoms with Crippen LogP contribution in [0, 0.1) is 12.8 Å². The molecule has 2 N–H and O–H groups in total. The molecule has 0 bridgehead atoms. The first-order valence-corrected chi connectivity index (χ1v) is 11.8. The molecular formula is C25H28N2O3S. The molecule has 1 amide bonds. The zero-order valence-electron chi connectivity index (χ0n) is 18.0. The quantitative estimate of drug-likeness (QED) is 0.502. The summed E-state index contributed by atoms with van der Waals surface area (Å²) in [4.78, 5) is 13.1. The standard InChI is InChI=1S/C25H28N2O3S/c1-18(2)16-24(20-10-6-4-7-11-20)26-25(28)21-14-15-23(19(3)17-21)27-31(29,30)22-12-8-5-9-13-22/h4-15,17-18,24,27H,16H2,1-3H3,(H,26,28)/t24-/m1/s1. The van der Waals surface area contributed by atoms with E-state index in [9.17, 15) is 13.2 Å². The van der Waals surface area contributed by atoms with Crippen molar-refractivity contribution in [2.75, 3.05) is 4.72 Å². The van der Waals surface area contributed by atoms with Crippen LogP contribution in [0.2, 0.25) is 0 Å². The minimum Gasteiger partial charge on any atom is -0.345 e. The number of carbonyl (C=O) groups is 1. The van der Waals surface area contributed by atoms with Gasteiger partial charge in [0.2, 0.25) is 0 Å². The third-order valence-electron chi connectivity index (χ3n) is 5.00. The van der Waals surface area contributed by atoms with E-state index >= 15 is 0 Å². The Bertz CT molecular complexity index is 1130. The van der Waals surface area contributed by atoms with Crippen LogP contribution in [0.3, 0.4) is 0 Å². The fourth-order valence-corrected chi connectivity index (χ4v) is 4.55. The first-order chi connectivity index (χ1) is 14.8. The van der Waals surface area contributed by atoms with Crippen LogP contribution < -0.4 is 10.0 Å². The molecule has 0 aliphatic heterocycles. The fraction of sp³-hybridized carbons (Fsp3) is 0.240. The van der Waals surface area contributed by atoms with Gasteiger partial charge in [0.1, 0.15) is 0 Å². The average Bonchev–Trinajstić information content (AvgIpc) is 2.75. The van der Waals surface area contributed by atoms with Crippen LogP contribution in [0.5, 0.6) is 0 Å². The number of carbonyl (C=O) groups excluding carboxylic acids is 1. The highest BCUT2D eigenvalue weighted by molar-refractivity contribution is 7.92. The lowest BCUT2D eigenvalue weighted by atomic mass is 9.96. The lowest BCUT2D eigenvalue weighted by Crippen LogP contribution is -2.29. The number of aryl methyl sites for hydroxylation is 1. The predicted molar refractivity (Wildman–Crippen MR) is 125 cm³/mol. The molecule has 0 heterocycles. The zero-order chi connectivity index (χ0) is 22.4. The number of hydrogen-bond acceptors (Lipinski definition) is 3. The van der Waals surface area contributed by atoms with E-state index in [-0.39, 0.29) is 16.8 Å². The monoisotopic (exact) mass is 436 g/mol. The van der Waals surface area contributed by atoms with Gasteiger partial charge in [-0.05, 0) is 60.7 Å². The van der Waals surface area contributed by atoms with Crippen LogP contribution in [0.15, 0.2) is 83.8 Å². The Morgan fingerprint density at radius 3 is 2.10 bits per heavy atom. The molecule has 3 rings (SSSR count). The molecule has 6 heteroatoms. The fourth-order valence-electron chi connectivity index (χ4n) is 3.40. The summed E-state index contributed by atoms with van der Waals surface area (Å²) < 4.78 is 27.8. The van der Waals surface area contributed by atoms with Gasteiger partial charge in [-0.25, -0.2) is 8.42 Å². The second-order valence-electron chi connectivity index (χ2n) is 8.01. The van der Waals surface area contributed by atoms with E-state index in [0.29, 0.717) is 22.7 Å². The largest absolute Gasteiger partial charge is 0.345 e. The molecule has 0 unspecified atom stereocenters. The molecule has 1 atom stereocenters. The summed E-state index contributed by atoms with van der Waals surface area (Å²) in [7, 11) is -3.69. The van der Waals surface area contributed by atoms with Gasteiger partial charge in [-0.2, -0.15) is 0 Å². The first-order valence-electron chi connectivity index (χ1n) is 10.3. The van der Waals surface area contributed by atoms with Crippen molar-refractivity contribution in [3.8, 4) is 0 Å². The molecule has 0 spiro atoms. The van der Waals surface area contributed by atoms with E-state index in [1.165, 1.54) is 12.1 Å². The lowest BCUT2D eigenvalue weighted by molar-refractivity contribution is 0.0932. The summed E-state index contributed by atoms with van der Waals surface area (Å²) in [5, 5.41) is 3.12. The Labute approximate surface area is 184 Å². The van der Waals surface area contributed by atoms with Crippen LogP contribution in [-0.2, 0) is 10.0 Å². The number of nitrogens with one attached hydrogen (secondary N) is 2. The van der Waals surface area contributed by atoms with Gasteiger partial charge in [-0.1, -0.05) is 62.4 Å². The maximum atomic E-state index is 12.9. The molecule has 0 saturated carbocycles. The van der Waals surface area contributed by atoms with Crippen LogP contribution in [0.1, 0.15) is 47.8 Å². The maximum Gasteiger partial charge on any atom is 0.261 e. The lowest BCUT2D eigenvalue weighted by Gasteiger charge is -2.21. The third kappa shape index (κ3) is 5.95. The second kappa shape index (κ2) is 9.79. The Morgan fingerprint density at radius 1 is 0.903 bits per heavy atom. The van der Waals surface area contributed by atoms with Crippen molar-refractivity contribution in [1.29, 1.82) is 0 Å². The molecular weight excluding hydrogens is 408 g/mol. The predicted octanol–water partition coefficient (Wildman–Crippen LogP) is 5.31. The Balaban J connectivity index is 1.77. The van der Waals surface area contributed by atoms with E-state index in [4.69, 9.17) is 0 Å². The number of hydrogen-bond donors (Lipinski definition) is 2. The zero-order valence-corrected chi connectivity index (χ0v) is 18.8. The number of amides is 1. The summed E-state index contributed by atoms with van der Waals surface area (Å²) in [5.74, 6) is 0.233. The molecule has 0 aliphatic carbocycles. The van der Waals surface area contributed by atoms with E-state index < -0.39 is 10.0 Å². The average molecular weight is 437 g/mol. The van der Waals surface area contributed by atoms with Crippen molar-refractivity contribution in [3.63, 3.8) is 0 Å². The second-order valence-corrected chi connectivity index (χ2v) is 9.70. The van der Waals surface area contributed by atoms with Gasteiger partial charge in [-0.3, -0.25) is 9.52 Å². The molecule has 5 nitrogen and oxygen atoms in total. The van der Waals surface area contributed by atoms with Crippen molar-refractivity contribution >= 4 is 21.6 Å². The van der Waals surface area contributed by atoms with Gasteiger partial charge in [0.05, 0.1) is 16.6 Å². The molecule has 0 saturated heterocycles. The van der Waals surface area contributed by atoms with Crippen LogP contribution in [0.25, 0.3) is 0 Å². The normalized spacial score (nSPS) is 12.4. The molecule has 3 aromatic rings. The minimum atomic E-state index is -3.69. The smallest absolute Gasteiger partial charge is 0.261 e. The molecule has 0 aliphatic rings. The van der Waals surface area contributed by atoms with Gasteiger partial charge < -0.3 is 5.32 Å². The van der Waals surface area contributed by atoms with Gasteiger partial charge in [0.15, 0.2) is 0 Å². The molecule has 0 radical (unpaired) electrons. The summed E-state index contributed by atoms with van der Waals surface area (Å²) in [6.45, 7) is 6.03. The number of anilines is 1. The van der Waals surface area contributed by atoms with E-state index in [1.807, 2.05) is 30.3 Å². The topological polar surface area (TPSA) is 75.3 Å². The highest BCUT2D eigenvalue weighted by Gasteiger charge is 2.19. The van der Waals surface area contributed by atoms with Crippen molar-refractivity contribution in [3.05, 3.63) is 95.6 Å². The third-order valence-corrected chi connectivity index (χ3v) is 6.38. The first kappa shape index (κ1) is 22.6. The molecule has 3 aromatic carbocycles. The van der Waals surface area contributed by atoms with Gasteiger partial charge in [0, 0.05) is 5.56 Å². The highest BCUT2D eigenvalue weighted by Crippen LogP contribution is 2.24. The molecule has 31 heavy (non-hydrogen) atoms. The Morgan fingerprint density at radius 2 is 1.52 bits per heavy atom. The molecule has 0 aromatic heterocycles. The minimum absolute atomic E-state index is 0.0923. The Kier molecular flexibility index (Phi) is 7.13. The van der Waals surface area contributed by atoms with Crippen LogP contribution in [0.4, 0.5) is 5.69 Å². The SMILES string of the molecule is Cc1cc(C(=O)N[C@H](CC(C)C)c2ccccc2)ccc1NS(=O)(=O)c1ccccc1. The van der Waals surface area contributed by atoms with Crippen LogP contribution in [-0.4, -0.2) is 14.3 Å². The van der Waals surface area contributed by atoms with E-state index in [2.05, 4.69) is 23.9 Å². The molecule has 162 valence electrons. The number of benzene rings is 3. The van der Waals surface area contributed by atoms with E-state index in [1.54, 1.807) is 43.3 Å². The summed E-state index contributed by atoms with van der Waals surface area (Å²) in [6, 6.07) is 23.0. The molecule has 0 fully saturated rings. The van der Waals surface area contributed by atoms with Crippen molar-refractivity contribution in [2.45, 2.75) is 38.1 Å². The van der Waals surface area contributed by atoms with Crippen molar-refractivity contribution < 1.29 is 13.2 Å². The van der Waals surface area contributed by atoms with Gasteiger partial charge >= 0.3 is 0 Å².